The summed E-state index contributed by atoms with van der Waals surface area (Å²) in [6.07, 6.45) is 1.18. The van der Waals surface area contributed by atoms with Crippen LogP contribution in [0.15, 0.2) is 35.7 Å². The first-order valence-corrected chi connectivity index (χ1v) is 7.92. The summed E-state index contributed by atoms with van der Waals surface area (Å²) in [7, 11) is 0. The highest BCUT2D eigenvalue weighted by Crippen LogP contribution is 2.23. The summed E-state index contributed by atoms with van der Waals surface area (Å²) >= 11 is 1.88. The summed E-state index contributed by atoms with van der Waals surface area (Å²) in [4.78, 5) is 4.01. The van der Waals surface area contributed by atoms with E-state index in [4.69, 9.17) is 10.5 Å². The van der Waals surface area contributed by atoms with Gasteiger partial charge in [-0.15, -0.1) is 11.3 Å². The number of rotatable bonds is 5. The van der Waals surface area contributed by atoms with Crippen LogP contribution in [0.3, 0.4) is 0 Å². The average Bonchev–Trinajstić information content (AvgIpc) is 2.95. The highest BCUT2D eigenvalue weighted by Gasteiger charge is 2.16. The van der Waals surface area contributed by atoms with E-state index in [1.54, 1.807) is 4.88 Å². The Morgan fingerprint density at radius 2 is 2.25 bits per heavy atom. The summed E-state index contributed by atoms with van der Waals surface area (Å²) in [6.45, 7) is 4.46. The molecule has 2 aromatic rings. The normalized spacial score (nSPS) is 15.1. The molecule has 0 unspecified atom stereocenters. The Hall–Kier alpha value is -1.36. The molecule has 2 N–H and O–H groups in total. The molecule has 0 radical (unpaired) electrons. The Morgan fingerprint density at radius 1 is 1.30 bits per heavy atom. The quantitative estimate of drug-likeness (QED) is 0.919. The molecule has 0 atom stereocenters. The Kier molecular flexibility index (Phi) is 4.35. The van der Waals surface area contributed by atoms with Crippen molar-refractivity contribution in [2.75, 3.05) is 19.7 Å². The van der Waals surface area contributed by atoms with Crippen LogP contribution in [0.25, 0.3) is 0 Å². The lowest BCUT2D eigenvalue weighted by molar-refractivity contribution is 0.197. The lowest BCUT2D eigenvalue weighted by atomic mass is 10.1. The molecular weight excluding hydrogens is 268 g/mol. The van der Waals surface area contributed by atoms with E-state index in [1.807, 2.05) is 35.6 Å². The van der Waals surface area contributed by atoms with Crippen LogP contribution in [-0.4, -0.2) is 24.6 Å². The van der Waals surface area contributed by atoms with Gasteiger partial charge < -0.3 is 10.5 Å². The Balaban J connectivity index is 1.48. The first-order valence-electron chi connectivity index (χ1n) is 7.04. The van der Waals surface area contributed by atoms with E-state index in [0.717, 1.165) is 37.6 Å². The molecule has 106 valence electrons. The number of hydrogen-bond acceptors (Lipinski definition) is 4. The Morgan fingerprint density at radius 3 is 3.15 bits per heavy atom. The number of hydrogen-bond donors (Lipinski definition) is 1. The summed E-state index contributed by atoms with van der Waals surface area (Å²) in [6, 6.07) is 10.3. The Bertz CT molecular complexity index is 567. The van der Waals surface area contributed by atoms with Crippen LogP contribution in [0, 0.1) is 0 Å². The summed E-state index contributed by atoms with van der Waals surface area (Å²) in [5.74, 6) is 0.918. The van der Waals surface area contributed by atoms with E-state index in [2.05, 4.69) is 16.3 Å². The fraction of sp³-hybridized carbons (Fsp3) is 0.375. The molecule has 0 fully saturated rings. The van der Waals surface area contributed by atoms with E-state index < -0.39 is 0 Å². The standard InChI is InChI=1S/C16H20N2OS/c17-11-13-2-1-3-15(10-13)19-8-7-18-6-4-16-14(12-18)5-9-20-16/h1-3,5,9-10H,4,6-8,11-12,17H2. The summed E-state index contributed by atoms with van der Waals surface area (Å²) < 4.78 is 5.83. The predicted octanol–water partition coefficient (Wildman–Crippen LogP) is 2.64. The fourth-order valence-corrected chi connectivity index (χ4v) is 3.44. The third kappa shape index (κ3) is 3.20. The smallest absolute Gasteiger partial charge is 0.119 e. The monoisotopic (exact) mass is 288 g/mol. The largest absolute Gasteiger partial charge is 0.492 e. The molecule has 1 aromatic heterocycles. The molecule has 0 saturated heterocycles. The van der Waals surface area contributed by atoms with Crippen LogP contribution in [0.2, 0.25) is 0 Å². The van der Waals surface area contributed by atoms with E-state index in [9.17, 15) is 0 Å². The maximum Gasteiger partial charge on any atom is 0.119 e. The number of benzene rings is 1. The van der Waals surface area contributed by atoms with Gasteiger partial charge in [-0.3, -0.25) is 4.90 Å². The van der Waals surface area contributed by atoms with Gasteiger partial charge in [0.2, 0.25) is 0 Å². The van der Waals surface area contributed by atoms with Crippen LogP contribution in [0.1, 0.15) is 16.0 Å². The maximum absolute atomic E-state index is 5.83. The van der Waals surface area contributed by atoms with E-state index in [-0.39, 0.29) is 0 Å². The van der Waals surface area contributed by atoms with Crippen LogP contribution < -0.4 is 10.5 Å². The van der Waals surface area contributed by atoms with Gasteiger partial charge in [-0.2, -0.15) is 0 Å². The minimum atomic E-state index is 0.560. The number of fused-ring (bicyclic) bond motifs is 1. The first-order chi connectivity index (χ1) is 9.85. The van der Waals surface area contributed by atoms with Gasteiger partial charge in [-0.05, 0) is 41.1 Å². The molecule has 0 saturated carbocycles. The zero-order chi connectivity index (χ0) is 13.8. The van der Waals surface area contributed by atoms with Gasteiger partial charge in [0.25, 0.3) is 0 Å². The molecule has 0 spiro atoms. The lowest BCUT2D eigenvalue weighted by Gasteiger charge is -2.26. The zero-order valence-corrected chi connectivity index (χ0v) is 12.4. The van der Waals surface area contributed by atoms with Crippen molar-refractivity contribution in [3.8, 4) is 5.75 Å². The summed E-state index contributed by atoms with van der Waals surface area (Å²) in [5.41, 5.74) is 8.24. The lowest BCUT2D eigenvalue weighted by Crippen LogP contribution is -2.33. The maximum atomic E-state index is 5.83. The van der Waals surface area contributed by atoms with Crippen molar-refractivity contribution in [2.45, 2.75) is 19.5 Å². The van der Waals surface area contributed by atoms with Crippen molar-refractivity contribution in [3.05, 3.63) is 51.7 Å². The molecule has 2 heterocycles. The number of ether oxygens (including phenoxy) is 1. The second-order valence-corrected chi connectivity index (χ2v) is 6.10. The second kappa shape index (κ2) is 6.39. The highest BCUT2D eigenvalue weighted by molar-refractivity contribution is 7.10. The van der Waals surface area contributed by atoms with Crippen molar-refractivity contribution in [2.24, 2.45) is 5.73 Å². The van der Waals surface area contributed by atoms with Crippen molar-refractivity contribution in [1.29, 1.82) is 0 Å². The molecule has 0 aliphatic carbocycles. The van der Waals surface area contributed by atoms with Crippen LogP contribution in [0.5, 0.6) is 5.75 Å². The van der Waals surface area contributed by atoms with E-state index >= 15 is 0 Å². The molecule has 20 heavy (non-hydrogen) atoms. The van der Waals surface area contributed by atoms with Crippen molar-refractivity contribution < 1.29 is 4.74 Å². The van der Waals surface area contributed by atoms with Gasteiger partial charge in [-0.1, -0.05) is 12.1 Å². The second-order valence-electron chi connectivity index (χ2n) is 5.10. The Labute approximate surface area is 124 Å². The zero-order valence-electron chi connectivity index (χ0n) is 11.5. The van der Waals surface area contributed by atoms with Gasteiger partial charge in [0.15, 0.2) is 0 Å². The minimum absolute atomic E-state index is 0.560. The molecule has 4 heteroatoms. The first kappa shape index (κ1) is 13.6. The number of thiophene rings is 1. The molecule has 3 nitrogen and oxygen atoms in total. The molecule has 3 rings (SSSR count). The topological polar surface area (TPSA) is 38.5 Å². The van der Waals surface area contributed by atoms with Crippen LogP contribution >= 0.6 is 11.3 Å². The van der Waals surface area contributed by atoms with E-state index in [0.29, 0.717) is 6.54 Å². The third-order valence-electron chi connectivity index (χ3n) is 3.70. The number of nitrogens with two attached hydrogens (primary N) is 1. The van der Waals surface area contributed by atoms with Crippen molar-refractivity contribution in [1.82, 2.24) is 4.90 Å². The van der Waals surface area contributed by atoms with Crippen LogP contribution in [-0.2, 0) is 19.5 Å². The van der Waals surface area contributed by atoms with Gasteiger partial charge in [-0.25, -0.2) is 0 Å². The van der Waals surface area contributed by atoms with Crippen LogP contribution in [0.4, 0.5) is 0 Å². The highest BCUT2D eigenvalue weighted by atomic mass is 32.1. The van der Waals surface area contributed by atoms with E-state index in [1.165, 1.54) is 12.0 Å². The minimum Gasteiger partial charge on any atom is -0.492 e. The predicted molar refractivity (Wildman–Crippen MR) is 83.1 cm³/mol. The van der Waals surface area contributed by atoms with Gasteiger partial charge in [0, 0.05) is 31.1 Å². The molecule has 1 aromatic carbocycles. The SMILES string of the molecule is NCc1cccc(OCCN2CCc3sccc3C2)c1. The fourth-order valence-electron chi connectivity index (χ4n) is 2.55. The molecule has 0 bridgehead atoms. The molecule has 1 aliphatic rings. The number of nitrogens with zero attached hydrogens (tertiary/aromatic N) is 1. The average molecular weight is 288 g/mol. The van der Waals surface area contributed by atoms with Crippen molar-refractivity contribution in [3.63, 3.8) is 0 Å². The molecular formula is C16H20N2OS. The molecule has 1 aliphatic heterocycles. The van der Waals surface area contributed by atoms with Gasteiger partial charge in [0.05, 0.1) is 0 Å². The van der Waals surface area contributed by atoms with Gasteiger partial charge in [0.1, 0.15) is 12.4 Å². The van der Waals surface area contributed by atoms with Crippen molar-refractivity contribution >= 4 is 11.3 Å². The van der Waals surface area contributed by atoms with Gasteiger partial charge >= 0.3 is 0 Å². The summed E-state index contributed by atoms with van der Waals surface area (Å²) in [5, 5.41) is 2.20. The molecule has 0 amide bonds. The third-order valence-corrected chi connectivity index (χ3v) is 4.72.